The fourth-order valence-electron chi connectivity index (χ4n) is 2.07. The van der Waals surface area contributed by atoms with Crippen LogP contribution in [0.2, 0.25) is 0 Å². The van der Waals surface area contributed by atoms with E-state index in [9.17, 15) is 4.79 Å². The van der Waals surface area contributed by atoms with E-state index in [1.165, 1.54) is 0 Å². The van der Waals surface area contributed by atoms with Gasteiger partial charge in [-0.3, -0.25) is 4.79 Å². The van der Waals surface area contributed by atoms with Crippen molar-refractivity contribution in [2.24, 2.45) is 5.92 Å². The molecule has 0 aromatic heterocycles. The van der Waals surface area contributed by atoms with Crippen molar-refractivity contribution in [3.05, 3.63) is 0 Å². The van der Waals surface area contributed by atoms with Crippen LogP contribution in [0.1, 0.15) is 13.3 Å². The minimum atomic E-state index is 0.351. The molecule has 0 aliphatic carbocycles. The Morgan fingerprint density at radius 2 is 2.45 bits per heavy atom. The number of rotatable bonds is 0. The van der Waals surface area contributed by atoms with Gasteiger partial charge in [-0.25, -0.2) is 0 Å². The maximum Gasteiger partial charge on any atom is 0.223 e. The van der Waals surface area contributed by atoms with Gasteiger partial charge in [-0.15, -0.1) is 0 Å². The highest BCUT2D eigenvalue weighted by atomic mass is 16.2. The molecule has 2 fully saturated rings. The van der Waals surface area contributed by atoms with Crippen LogP contribution in [0.25, 0.3) is 0 Å². The number of hydrogen-bond acceptors (Lipinski definition) is 2. The van der Waals surface area contributed by atoms with E-state index in [2.05, 4.69) is 12.2 Å². The van der Waals surface area contributed by atoms with Crippen molar-refractivity contribution in [1.82, 2.24) is 10.2 Å². The maximum atomic E-state index is 11.3. The van der Waals surface area contributed by atoms with Crippen LogP contribution >= 0.6 is 0 Å². The van der Waals surface area contributed by atoms with Gasteiger partial charge in [0.25, 0.3) is 0 Å². The van der Waals surface area contributed by atoms with Gasteiger partial charge in [0, 0.05) is 32.1 Å². The first-order chi connectivity index (χ1) is 5.29. The summed E-state index contributed by atoms with van der Waals surface area (Å²) >= 11 is 0. The van der Waals surface area contributed by atoms with E-state index in [-0.39, 0.29) is 0 Å². The predicted octanol–water partition coefficient (Wildman–Crippen LogP) is -0.173. The Kier molecular flexibility index (Phi) is 1.60. The number of carbonyl (C=O) groups excluding carboxylic acids is 1. The third kappa shape index (κ3) is 1.03. The molecule has 0 aromatic carbocycles. The van der Waals surface area contributed by atoms with Crippen molar-refractivity contribution in [2.75, 3.05) is 19.6 Å². The van der Waals surface area contributed by atoms with Crippen LogP contribution in [0.3, 0.4) is 0 Å². The Balaban J connectivity index is 2.13. The van der Waals surface area contributed by atoms with Crippen molar-refractivity contribution in [3.63, 3.8) is 0 Å². The number of fused-ring (bicyclic) bond motifs is 1. The quantitative estimate of drug-likeness (QED) is 0.525. The molecule has 1 amide bonds. The summed E-state index contributed by atoms with van der Waals surface area (Å²) in [6.07, 6.45) is 0.756. The zero-order chi connectivity index (χ0) is 7.84. The van der Waals surface area contributed by atoms with E-state index in [0.717, 1.165) is 26.1 Å². The first kappa shape index (κ1) is 7.10. The first-order valence-corrected chi connectivity index (χ1v) is 4.29. The second kappa shape index (κ2) is 2.48. The van der Waals surface area contributed by atoms with E-state index >= 15 is 0 Å². The number of nitrogens with zero attached hydrogens (tertiary/aromatic N) is 1. The van der Waals surface area contributed by atoms with Gasteiger partial charge in [-0.05, 0) is 5.92 Å². The molecule has 0 aromatic rings. The summed E-state index contributed by atoms with van der Waals surface area (Å²) in [6, 6.07) is 0.483. The fraction of sp³-hybridized carbons (Fsp3) is 0.875. The zero-order valence-electron chi connectivity index (χ0n) is 6.84. The molecule has 62 valence electrons. The van der Waals surface area contributed by atoms with Crippen LogP contribution in [0.5, 0.6) is 0 Å². The normalized spacial score (nSPS) is 37.5. The Morgan fingerprint density at radius 3 is 3.18 bits per heavy atom. The number of nitrogens with one attached hydrogen (secondary N) is 1. The highest BCUT2D eigenvalue weighted by Gasteiger charge is 2.37. The van der Waals surface area contributed by atoms with Crippen molar-refractivity contribution < 1.29 is 4.79 Å². The minimum absolute atomic E-state index is 0.351. The number of piperazine rings is 1. The summed E-state index contributed by atoms with van der Waals surface area (Å²) < 4.78 is 0. The summed E-state index contributed by atoms with van der Waals surface area (Å²) in [5.74, 6) is 0.902. The average molecular weight is 154 g/mol. The molecule has 11 heavy (non-hydrogen) atoms. The van der Waals surface area contributed by atoms with E-state index in [1.54, 1.807) is 0 Å². The lowest BCUT2D eigenvalue weighted by Crippen LogP contribution is -2.50. The molecular formula is C8H14N2O. The van der Waals surface area contributed by atoms with E-state index in [4.69, 9.17) is 0 Å². The van der Waals surface area contributed by atoms with Gasteiger partial charge in [0.15, 0.2) is 0 Å². The molecule has 2 aliphatic heterocycles. The molecular weight excluding hydrogens is 140 g/mol. The van der Waals surface area contributed by atoms with Crippen molar-refractivity contribution in [3.8, 4) is 0 Å². The Morgan fingerprint density at radius 1 is 1.64 bits per heavy atom. The molecule has 2 heterocycles. The van der Waals surface area contributed by atoms with Gasteiger partial charge in [0.2, 0.25) is 5.91 Å². The molecule has 2 aliphatic rings. The molecule has 0 bridgehead atoms. The van der Waals surface area contributed by atoms with Crippen LogP contribution in [0, 0.1) is 5.92 Å². The number of amides is 1. The SMILES string of the molecule is CC1CC(=O)N2CCNCC12. The lowest BCUT2D eigenvalue weighted by Gasteiger charge is -2.32. The highest BCUT2D eigenvalue weighted by molar-refractivity contribution is 5.79. The molecule has 3 heteroatoms. The zero-order valence-corrected chi connectivity index (χ0v) is 6.84. The van der Waals surface area contributed by atoms with Gasteiger partial charge >= 0.3 is 0 Å². The van der Waals surface area contributed by atoms with E-state index in [1.807, 2.05) is 4.90 Å². The van der Waals surface area contributed by atoms with Gasteiger partial charge in [-0.2, -0.15) is 0 Å². The molecule has 0 radical (unpaired) electrons. The second-order valence-electron chi connectivity index (χ2n) is 3.54. The standard InChI is InChI=1S/C8H14N2O/c1-6-4-8(11)10-3-2-9-5-7(6)10/h6-7,9H,2-5H2,1H3. The highest BCUT2D eigenvalue weighted by Crippen LogP contribution is 2.25. The molecule has 0 saturated carbocycles. The second-order valence-corrected chi connectivity index (χ2v) is 3.54. The van der Waals surface area contributed by atoms with Crippen molar-refractivity contribution in [2.45, 2.75) is 19.4 Å². The van der Waals surface area contributed by atoms with Gasteiger partial charge in [-0.1, -0.05) is 6.92 Å². The maximum absolute atomic E-state index is 11.3. The largest absolute Gasteiger partial charge is 0.337 e. The molecule has 2 saturated heterocycles. The third-order valence-electron chi connectivity index (χ3n) is 2.76. The van der Waals surface area contributed by atoms with Crippen molar-refractivity contribution in [1.29, 1.82) is 0 Å². The van der Waals surface area contributed by atoms with Crippen molar-refractivity contribution >= 4 is 5.91 Å². The topological polar surface area (TPSA) is 32.3 Å². The van der Waals surface area contributed by atoms with Crippen LogP contribution in [-0.4, -0.2) is 36.5 Å². The lowest BCUT2D eigenvalue weighted by atomic mass is 10.0. The van der Waals surface area contributed by atoms with Gasteiger partial charge in [0.1, 0.15) is 0 Å². The van der Waals surface area contributed by atoms with E-state index in [0.29, 0.717) is 17.9 Å². The summed E-state index contributed by atoms with van der Waals surface area (Å²) in [5, 5.41) is 3.31. The summed E-state index contributed by atoms with van der Waals surface area (Å²) in [4.78, 5) is 13.3. The molecule has 2 unspecified atom stereocenters. The van der Waals surface area contributed by atoms with Gasteiger partial charge < -0.3 is 10.2 Å². The third-order valence-corrected chi connectivity index (χ3v) is 2.76. The Bertz CT molecular complexity index is 181. The van der Waals surface area contributed by atoms with Crippen LogP contribution in [0.4, 0.5) is 0 Å². The van der Waals surface area contributed by atoms with Crippen LogP contribution < -0.4 is 5.32 Å². The lowest BCUT2D eigenvalue weighted by molar-refractivity contribution is -0.129. The number of carbonyl (C=O) groups is 1. The Labute approximate surface area is 66.8 Å². The monoisotopic (exact) mass is 154 g/mol. The molecule has 2 atom stereocenters. The Hall–Kier alpha value is -0.570. The fourth-order valence-corrected chi connectivity index (χ4v) is 2.07. The first-order valence-electron chi connectivity index (χ1n) is 4.29. The average Bonchev–Trinajstić information content (AvgIpc) is 2.30. The molecule has 0 spiro atoms. The number of hydrogen-bond donors (Lipinski definition) is 1. The summed E-state index contributed by atoms with van der Waals surface area (Å²) in [5.41, 5.74) is 0. The summed E-state index contributed by atoms with van der Waals surface area (Å²) in [7, 11) is 0. The summed E-state index contributed by atoms with van der Waals surface area (Å²) in [6.45, 7) is 5.03. The minimum Gasteiger partial charge on any atom is -0.337 e. The molecule has 3 nitrogen and oxygen atoms in total. The molecule has 1 N–H and O–H groups in total. The van der Waals surface area contributed by atoms with E-state index < -0.39 is 0 Å². The van der Waals surface area contributed by atoms with Crippen LogP contribution in [0.15, 0.2) is 0 Å². The predicted molar refractivity (Wildman–Crippen MR) is 42.2 cm³/mol. The van der Waals surface area contributed by atoms with Gasteiger partial charge in [0.05, 0.1) is 0 Å². The smallest absolute Gasteiger partial charge is 0.223 e. The molecule has 2 rings (SSSR count). The van der Waals surface area contributed by atoms with Crippen LogP contribution in [-0.2, 0) is 4.79 Å².